The van der Waals surface area contributed by atoms with Crippen molar-refractivity contribution in [2.75, 3.05) is 12.8 Å². The molecule has 1 amide bonds. The molecule has 5 nitrogen and oxygen atoms in total. The maximum atomic E-state index is 12.7. The number of thioether (sulfide) groups is 1. The summed E-state index contributed by atoms with van der Waals surface area (Å²) in [4.78, 5) is 31.5. The number of rotatable bonds is 6. The number of hydrogen-bond acceptors (Lipinski definition) is 4. The first-order valence-corrected chi connectivity index (χ1v) is 10.4. The van der Waals surface area contributed by atoms with Gasteiger partial charge in [0, 0.05) is 24.6 Å². The first kappa shape index (κ1) is 19.6. The van der Waals surface area contributed by atoms with Crippen LogP contribution in [0.25, 0.3) is 10.9 Å². The number of carbonyl (C=O) groups excluding carboxylic acids is 1. The molecule has 27 heavy (non-hydrogen) atoms. The average molecular weight is 446 g/mol. The van der Waals surface area contributed by atoms with Crippen LogP contribution in [0.4, 0.5) is 0 Å². The molecule has 0 spiro atoms. The van der Waals surface area contributed by atoms with Gasteiger partial charge in [-0.15, -0.1) is 0 Å². The highest BCUT2D eigenvalue weighted by Gasteiger charge is 2.15. The molecular formula is C20H20BrN3O2S. The van der Waals surface area contributed by atoms with Crippen molar-refractivity contribution < 1.29 is 4.79 Å². The summed E-state index contributed by atoms with van der Waals surface area (Å²) in [5.41, 5.74) is 1.63. The van der Waals surface area contributed by atoms with Gasteiger partial charge in [0.1, 0.15) is 0 Å². The fraction of sp³-hybridized carbons (Fsp3) is 0.250. The lowest BCUT2D eigenvalue weighted by molar-refractivity contribution is -0.127. The molecule has 0 unspecified atom stereocenters. The van der Waals surface area contributed by atoms with Crippen molar-refractivity contribution in [3.05, 3.63) is 68.9 Å². The molecule has 140 valence electrons. The topological polar surface area (TPSA) is 55.2 Å². The van der Waals surface area contributed by atoms with Gasteiger partial charge in [-0.2, -0.15) is 0 Å². The Hall–Kier alpha value is -2.12. The minimum Gasteiger partial charge on any atom is -0.341 e. The van der Waals surface area contributed by atoms with Gasteiger partial charge in [-0.3, -0.25) is 14.2 Å². The first-order valence-electron chi connectivity index (χ1n) is 8.60. The van der Waals surface area contributed by atoms with Crippen LogP contribution in [0, 0.1) is 0 Å². The molecule has 0 aliphatic carbocycles. The molecule has 3 aromatic rings. The molecule has 0 N–H and O–H groups in total. The van der Waals surface area contributed by atoms with E-state index in [1.54, 1.807) is 22.6 Å². The van der Waals surface area contributed by atoms with E-state index < -0.39 is 0 Å². The summed E-state index contributed by atoms with van der Waals surface area (Å²) in [6.07, 6.45) is 0. The van der Waals surface area contributed by atoms with E-state index in [4.69, 9.17) is 0 Å². The Morgan fingerprint density at radius 1 is 1.22 bits per heavy atom. The fourth-order valence-electron chi connectivity index (χ4n) is 2.74. The van der Waals surface area contributed by atoms with E-state index in [1.807, 2.05) is 49.4 Å². The number of benzene rings is 2. The first-order chi connectivity index (χ1) is 13.0. The largest absolute Gasteiger partial charge is 0.341 e. The van der Waals surface area contributed by atoms with Crippen molar-refractivity contribution in [2.24, 2.45) is 0 Å². The van der Waals surface area contributed by atoms with Crippen molar-refractivity contribution >= 4 is 44.5 Å². The van der Waals surface area contributed by atoms with Crippen LogP contribution >= 0.6 is 27.7 Å². The SMILES string of the molecule is CCn1c(SCC(=O)N(C)Cc2ccccc2)nc2ccc(Br)cc2c1=O. The van der Waals surface area contributed by atoms with Crippen LogP contribution in [0.3, 0.4) is 0 Å². The van der Waals surface area contributed by atoms with Gasteiger partial charge in [-0.05, 0) is 30.7 Å². The van der Waals surface area contributed by atoms with Gasteiger partial charge in [0.15, 0.2) is 5.16 Å². The van der Waals surface area contributed by atoms with Crippen LogP contribution in [-0.2, 0) is 17.9 Å². The minimum atomic E-state index is -0.0867. The van der Waals surface area contributed by atoms with E-state index in [0.29, 0.717) is 29.1 Å². The van der Waals surface area contributed by atoms with E-state index in [-0.39, 0.29) is 17.2 Å². The normalized spacial score (nSPS) is 10.9. The Balaban J connectivity index is 1.77. The molecule has 2 aromatic carbocycles. The maximum absolute atomic E-state index is 12.7. The third-order valence-corrected chi connectivity index (χ3v) is 5.66. The molecule has 3 rings (SSSR count). The van der Waals surface area contributed by atoms with Crippen LogP contribution in [0.5, 0.6) is 0 Å². The van der Waals surface area contributed by atoms with E-state index >= 15 is 0 Å². The lowest BCUT2D eigenvalue weighted by atomic mass is 10.2. The summed E-state index contributed by atoms with van der Waals surface area (Å²) in [5, 5.41) is 1.14. The molecule has 0 saturated carbocycles. The highest BCUT2D eigenvalue weighted by Crippen LogP contribution is 2.21. The molecule has 0 saturated heterocycles. The highest BCUT2D eigenvalue weighted by molar-refractivity contribution is 9.10. The Morgan fingerprint density at radius 3 is 2.67 bits per heavy atom. The van der Waals surface area contributed by atoms with Crippen LogP contribution in [0.1, 0.15) is 12.5 Å². The van der Waals surface area contributed by atoms with Crippen LogP contribution < -0.4 is 5.56 Å². The summed E-state index contributed by atoms with van der Waals surface area (Å²) >= 11 is 4.69. The zero-order valence-electron chi connectivity index (χ0n) is 15.2. The molecule has 0 radical (unpaired) electrons. The third kappa shape index (κ3) is 4.59. The Labute approximate surface area is 170 Å². The highest BCUT2D eigenvalue weighted by atomic mass is 79.9. The number of hydrogen-bond donors (Lipinski definition) is 0. The zero-order valence-corrected chi connectivity index (χ0v) is 17.6. The molecule has 1 heterocycles. The maximum Gasteiger partial charge on any atom is 0.262 e. The third-order valence-electron chi connectivity index (χ3n) is 4.21. The number of carbonyl (C=O) groups is 1. The number of amides is 1. The molecule has 0 fully saturated rings. The Morgan fingerprint density at radius 2 is 1.96 bits per heavy atom. The smallest absolute Gasteiger partial charge is 0.262 e. The zero-order chi connectivity index (χ0) is 19.4. The summed E-state index contributed by atoms with van der Waals surface area (Å²) in [6.45, 7) is 2.96. The molecule has 1 aromatic heterocycles. The summed E-state index contributed by atoms with van der Waals surface area (Å²) in [6, 6.07) is 15.3. The molecule has 0 aliphatic rings. The fourth-order valence-corrected chi connectivity index (χ4v) is 4.11. The van der Waals surface area contributed by atoms with Gasteiger partial charge in [-0.25, -0.2) is 4.98 Å². The lowest BCUT2D eigenvalue weighted by Gasteiger charge is -2.17. The van der Waals surface area contributed by atoms with Gasteiger partial charge >= 0.3 is 0 Å². The van der Waals surface area contributed by atoms with Gasteiger partial charge in [0.2, 0.25) is 5.91 Å². The van der Waals surface area contributed by atoms with E-state index in [0.717, 1.165) is 10.0 Å². The molecular weight excluding hydrogens is 426 g/mol. The van der Waals surface area contributed by atoms with Crippen LogP contribution in [0.15, 0.2) is 63.0 Å². The van der Waals surface area contributed by atoms with Gasteiger partial charge in [-0.1, -0.05) is 58.0 Å². The number of nitrogens with zero attached hydrogens (tertiary/aromatic N) is 3. The average Bonchev–Trinajstić information content (AvgIpc) is 2.67. The predicted molar refractivity (Wildman–Crippen MR) is 113 cm³/mol. The van der Waals surface area contributed by atoms with Crippen molar-refractivity contribution in [1.82, 2.24) is 14.5 Å². The molecule has 7 heteroatoms. The van der Waals surface area contributed by atoms with Crippen molar-refractivity contribution in [2.45, 2.75) is 25.2 Å². The molecule has 0 atom stereocenters. The second-order valence-electron chi connectivity index (χ2n) is 6.13. The van der Waals surface area contributed by atoms with Gasteiger partial charge in [0.25, 0.3) is 5.56 Å². The van der Waals surface area contributed by atoms with E-state index in [2.05, 4.69) is 20.9 Å². The molecule has 0 bridgehead atoms. The number of halogens is 1. The summed E-state index contributed by atoms with van der Waals surface area (Å²) in [7, 11) is 1.79. The summed E-state index contributed by atoms with van der Waals surface area (Å²) < 4.78 is 2.46. The van der Waals surface area contributed by atoms with E-state index in [9.17, 15) is 9.59 Å². The number of fused-ring (bicyclic) bond motifs is 1. The second-order valence-corrected chi connectivity index (χ2v) is 7.99. The number of aromatic nitrogens is 2. The van der Waals surface area contributed by atoms with E-state index in [1.165, 1.54) is 11.8 Å². The van der Waals surface area contributed by atoms with Gasteiger partial charge < -0.3 is 4.90 Å². The van der Waals surface area contributed by atoms with Gasteiger partial charge in [0.05, 0.1) is 16.7 Å². The second kappa shape index (κ2) is 8.71. The van der Waals surface area contributed by atoms with Crippen molar-refractivity contribution in [1.29, 1.82) is 0 Å². The monoisotopic (exact) mass is 445 g/mol. The van der Waals surface area contributed by atoms with Crippen LogP contribution in [-0.4, -0.2) is 33.2 Å². The standard InChI is InChI=1S/C20H20BrN3O2S/c1-3-24-19(26)16-11-15(21)9-10-17(16)22-20(24)27-13-18(25)23(2)12-14-7-5-4-6-8-14/h4-11H,3,12-13H2,1-2H3. The van der Waals surface area contributed by atoms with Crippen molar-refractivity contribution in [3.8, 4) is 0 Å². The Bertz CT molecular complexity index is 1020. The minimum absolute atomic E-state index is 0.00309. The Kier molecular flexibility index (Phi) is 6.34. The summed E-state index contributed by atoms with van der Waals surface area (Å²) in [5.74, 6) is 0.231. The quantitative estimate of drug-likeness (QED) is 0.426. The van der Waals surface area contributed by atoms with Crippen LogP contribution in [0.2, 0.25) is 0 Å². The lowest BCUT2D eigenvalue weighted by Crippen LogP contribution is -2.28. The van der Waals surface area contributed by atoms with Crippen molar-refractivity contribution in [3.63, 3.8) is 0 Å². The predicted octanol–water partition coefficient (Wildman–Crippen LogP) is 3.93. The molecule has 0 aliphatic heterocycles.